The van der Waals surface area contributed by atoms with E-state index in [0.29, 0.717) is 0 Å². The number of amides is 2. The van der Waals surface area contributed by atoms with Gasteiger partial charge in [-0.15, -0.1) is 0 Å². The SMILES string of the molecule is Cc1ccc(N(C(=O)[C@H](F)Cl)[C@@](C)(C(=O)NC2CCC(F)(F)CC2)c2cncc(F)c2)cc1. The van der Waals surface area contributed by atoms with Crippen LogP contribution >= 0.6 is 11.6 Å². The van der Waals surface area contributed by atoms with Gasteiger partial charge in [-0.2, -0.15) is 0 Å². The Morgan fingerprint density at radius 3 is 2.36 bits per heavy atom. The summed E-state index contributed by atoms with van der Waals surface area (Å²) in [5.41, 5.74) is -3.53. The maximum atomic E-state index is 14.1. The molecule has 33 heavy (non-hydrogen) atoms. The molecule has 10 heteroatoms. The summed E-state index contributed by atoms with van der Waals surface area (Å²) in [6.07, 6.45) is 1.36. The van der Waals surface area contributed by atoms with Crippen molar-refractivity contribution < 1.29 is 27.2 Å². The number of nitrogens with zero attached hydrogens (tertiary/aromatic N) is 2. The van der Waals surface area contributed by atoms with Gasteiger partial charge in [0, 0.05) is 36.3 Å². The van der Waals surface area contributed by atoms with Gasteiger partial charge >= 0.3 is 0 Å². The van der Waals surface area contributed by atoms with Crippen LogP contribution in [0.4, 0.5) is 23.2 Å². The molecule has 1 aliphatic rings. The molecule has 1 aromatic heterocycles. The molecule has 3 rings (SSSR count). The van der Waals surface area contributed by atoms with Gasteiger partial charge in [-0.25, -0.2) is 17.6 Å². The molecule has 1 saturated carbocycles. The number of hydrogen-bond donors (Lipinski definition) is 1. The van der Waals surface area contributed by atoms with Crippen LogP contribution in [0, 0.1) is 12.7 Å². The number of halogens is 5. The summed E-state index contributed by atoms with van der Waals surface area (Å²) >= 11 is 5.49. The second-order valence-electron chi connectivity index (χ2n) is 8.38. The van der Waals surface area contributed by atoms with Crippen molar-refractivity contribution in [3.05, 3.63) is 59.7 Å². The third-order valence-electron chi connectivity index (χ3n) is 5.91. The van der Waals surface area contributed by atoms with Crippen molar-refractivity contribution in [1.82, 2.24) is 10.3 Å². The zero-order valence-electron chi connectivity index (χ0n) is 18.1. The Morgan fingerprint density at radius 1 is 1.21 bits per heavy atom. The number of pyridine rings is 1. The van der Waals surface area contributed by atoms with Crippen LogP contribution in [0.5, 0.6) is 0 Å². The predicted molar refractivity (Wildman–Crippen MR) is 116 cm³/mol. The zero-order chi connectivity index (χ0) is 24.4. The van der Waals surface area contributed by atoms with E-state index in [0.717, 1.165) is 22.7 Å². The highest BCUT2D eigenvalue weighted by molar-refractivity contribution is 6.32. The molecule has 0 radical (unpaired) electrons. The molecule has 0 bridgehead atoms. The highest BCUT2D eigenvalue weighted by Gasteiger charge is 2.48. The molecule has 2 aromatic rings. The third kappa shape index (κ3) is 5.46. The molecule has 2 amide bonds. The van der Waals surface area contributed by atoms with Crippen molar-refractivity contribution in [2.45, 2.75) is 62.7 Å². The van der Waals surface area contributed by atoms with Crippen LogP contribution in [-0.4, -0.2) is 34.4 Å². The molecule has 0 spiro atoms. The average Bonchev–Trinajstić information content (AvgIpc) is 2.76. The first kappa shape index (κ1) is 25.0. The lowest BCUT2D eigenvalue weighted by Crippen LogP contribution is -2.60. The summed E-state index contributed by atoms with van der Waals surface area (Å²) in [4.78, 5) is 31.2. The summed E-state index contributed by atoms with van der Waals surface area (Å²) in [6.45, 7) is 3.12. The minimum Gasteiger partial charge on any atom is -0.351 e. The summed E-state index contributed by atoms with van der Waals surface area (Å²) in [7, 11) is 0. The van der Waals surface area contributed by atoms with E-state index in [4.69, 9.17) is 11.6 Å². The third-order valence-corrected chi connectivity index (χ3v) is 6.09. The lowest BCUT2D eigenvalue weighted by atomic mass is 9.87. The quantitative estimate of drug-likeness (QED) is 0.462. The predicted octanol–water partition coefficient (Wildman–Crippen LogP) is 5.01. The Labute approximate surface area is 194 Å². The normalized spacial score (nSPS) is 18.8. The fourth-order valence-corrected chi connectivity index (χ4v) is 4.05. The molecule has 1 N–H and O–H groups in total. The van der Waals surface area contributed by atoms with Gasteiger partial charge < -0.3 is 5.32 Å². The van der Waals surface area contributed by atoms with E-state index in [2.05, 4.69) is 10.3 Å². The van der Waals surface area contributed by atoms with Gasteiger partial charge in [0.2, 0.25) is 5.92 Å². The van der Waals surface area contributed by atoms with Gasteiger partial charge in [0.25, 0.3) is 17.4 Å². The summed E-state index contributed by atoms with van der Waals surface area (Å²) in [5, 5.41) is 2.69. The Kier molecular flexibility index (Phi) is 7.31. The first-order valence-electron chi connectivity index (χ1n) is 10.4. The first-order chi connectivity index (χ1) is 15.4. The molecular formula is C23H24ClF4N3O2. The lowest BCUT2D eigenvalue weighted by Gasteiger charge is -2.41. The van der Waals surface area contributed by atoms with Crippen LogP contribution in [0.1, 0.15) is 43.7 Å². The molecule has 0 saturated heterocycles. The smallest absolute Gasteiger partial charge is 0.278 e. The van der Waals surface area contributed by atoms with E-state index in [1.807, 2.05) is 0 Å². The van der Waals surface area contributed by atoms with Crippen molar-refractivity contribution in [3.63, 3.8) is 0 Å². The fraction of sp³-hybridized carbons (Fsp3) is 0.435. The van der Waals surface area contributed by atoms with E-state index in [1.165, 1.54) is 25.3 Å². The monoisotopic (exact) mass is 485 g/mol. The summed E-state index contributed by atoms with van der Waals surface area (Å²) < 4.78 is 55.3. The van der Waals surface area contributed by atoms with E-state index in [-0.39, 0.29) is 24.1 Å². The number of carbonyl (C=O) groups is 2. The zero-order valence-corrected chi connectivity index (χ0v) is 18.9. The highest BCUT2D eigenvalue weighted by Crippen LogP contribution is 2.37. The molecular weight excluding hydrogens is 462 g/mol. The van der Waals surface area contributed by atoms with Crippen molar-refractivity contribution in [2.75, 3.05) is 4.90 Å². The maximum absolute atomic E-state index is 14.1. The molecule has 5 nitrogen and oxygen atoms in total. The van der Waals surface area contributed by atoms with Crippen molar-refractivity contribution in [2.24, 2.45) is 0 Å². The molecule has 1 aliphatic carbocycles. The Bertz CT molecular complexity index is 1010. The molecule has 0 unspecified atom stereocenters. The molecule has 0 aliphatic heterocycles. The van der Waals surface area contributed by atoms with Gasteiger partial charge in [-0.3, -0.25) is 19.5 Å². The fourth-order valence-electron chi connectivity index (χ4n) is 3.95. The Morgan fingerprint density at radius 2 is 1.82 bits per heavy atom. The minimum atomic E-state index is -2.80. The number of rotatable bonds is 6. The van der Waals surface area contributed by atoms with Crippen molar-refractivity contribution in [1.29, 1.82) is 0 Å². The van der Waals surface area contributed by atoms with E-state index < -0.39 is 53.6 Å². The topological polar surface area (TPSA) is 62.3 Å². The number of hydrogen-bond acceptors (Lipinski definition) is 3. The second kappa shape index (κ2) is 9.67. The van der Waals surface area contributed by atoms with Crippen LogP contribution in [0.15, 0.2) is 42.7 Å². The van der Waals surface area contributed by atoms with Crippen molar-refractivity contribution in [3.8, 4) is 0 Å². The number of aryl methyl sites for hydroxylation is 1. The first-order valence-corrected chi connectivity index (χ1v) is 10.9. The highest BCUT2D eigenvalue weighted by atomic mass is 35.5. The van der Waals surface area contributed by atoms with Crippen LogP contribution in [-0.2, 0) is 15.1 Å². The number of carbonyl (C=O) groups excluding carboxylic acids is 2. The lowest BCUT2D eigenvalue weighted by molar-refractivity contribution is -0.132. The number of alkyl halides is 4. The average molecular weight is 486 g/mol. The van der Waals surface area contributed by atoms with Gasteiger partial charge in [0.05, 0.1) is 6.20 Å². The van der Waals surface area contributed by atoms with E-state index in [9.17, 15) is 27.2 Å². The standard InChI is InChI=1S/C23H24ClF4N3O2/c1-14-3-5-18(6-4-14)31(20(32)19(24)26)22(2,15-11-16(25)13-29-12-15)21(33)30-17-7-9-23(27,28)10-8-17/h3-6,11-13,17,19H,7-10H2,1-2H3,(H,30,33)/t19-,22+/m0/s1. The second-order valence-corrected chi connectivity index (χ2v) is 8.76. The molecule has 1 fully saturated rings. The Balaban J connectivity index is 2.09. The minimum absolute atomic E-state index is 0.0238. The summed E-state index contributed by atoms with van der Waals surface area (Å²) in [6, 6.07) is 6.74. The molecule has 178 valence electrons. The number of aromatic nitrogens is 1. The summed E-state index contributed by atoms with van der Waals surface area (Å²) in [5.74, 6) is -5.61. The van der Waals surface area contributed by atoms with E-state index in [1.54, 1.807) is 19.1 Å². The number of benzene rings is 1. The van der Waals surface area contributed by atoms with Gasteiger partial charge in [-0.1, -0.05) is 29.3 Å². The van der Waals surface area contributed by atoms with Crippen LogP contribution in [0.25, 0.3) is 0 Å². The van der Waals surface area contributed by atoms with Crippen LogP contribution < -0.4 is 10.2 Å². The van der Waals surface area contributed by atoms with Gasteiger partial charge in [0.15, 0.2) is 5.54 Å². The largest absolute Gasteiger partial charge is 0.351 e. The van der Waals surface area contributed by atoms with Gasteiger partial charge in [-0.05, 0) is 44.9 Å². The molecule has 1 aromatic carbocycles. The van der Waals surface area contributed by atoms with Crippen LogP contribution in [0.2, 0.25) is 0 Å². The van der Waals surface area contributed by atoms with Crippen LogP contribution in [0.3, 0.4) is 0 Å². The number of nitrogens with one attached hydrogen (secondary N) is 1. The molecule has 2 atom stereocenters. The molecule has 1 heterocycles. The number of anilines is 1. The maximum Gasteiger partial charge on any atom is 0.278 e. The Hall–Kier alpha value is -2.68. The van der Waals surface area contributed by atoms with E-state index >= 15 is 0 Å². The van der Waals surface area contributed by atoms with Crippen molar-refractivity contribution >= 4 is 29.1 Å². The van der Waals surface area contributed by atoms with Gasteiger partial charge in [0.1, 0.15) is 5.82 Å².